The summed E-state index contributed by atoms with van der Waals surface area (Å²) in [5.41, 5.74) is 1.10. The molecule has 0 bridgehead atoms. The number of hydrogen-bond donors (Lipinski definition) is 0. The van der Waals surface area contributed by atoms with Crippen LogP contribution in [0.5, 0.6) is 0 Å². The van der Waals surface area contributed by atoms with Crippen LogP contribution in [-0.4, -0.2) is 9.78 Å². The van der Waals surface area contributed by atoms with Gasteiger partial charge in [-0.15, -0.1) is 0 Å². The second-order valence-corrected chi connectivity index (χ2v) is 2.59. The largest absolute Gasteiger partial charge is 0.272 e. The SMILES string of the molecule is C=Cc1cnn(CCCC)c1. The molecular weight excluding hydrogens is 136 g/mol. The Labute approximate surface area is 67.5 Å². The Balaban J connectivity index is 2.51. The maximum absolute atomic E-state index is 4.17. The summed E-state index contributed by atoms with van der Waals surface area (Å²) >= 11 is 0. The number of rotatable bonds is 4. The molecule has 1 aromatic heterocycles. The topological polar surface area (TPSA) is 17.8 Å². The Bertz CT molecular complexity index is 225. The van der Waals surface area contributed by atoms with E-state index in [0.29, 0.717) is 0 Å². The predicted molar refractivity (Wildman–Crippen MR) is 47.2 cm³/mol. The molecule has 0 saturated carbocycles. The van der Waals surface area contributed by atoms with Crippen molar-refractivity contribution in [2.24, 2.45) is 0 Å². The summed E-state index contributed by atoms with van der Waals surface area (Å²) in [5.74, 6) is 0. The third-order valence-corrected chi connectivity index (χ3v) is 1.63. The fraction of sp³-hybridized carbons (Fsp3) is 0.444. The monoisotopic (exact) mass is 150 g/mol. The van der Waals surface area contributed by atoms with Crippen molar-refractivity contribution in [1.82, 2.24) is 9.78 Å². The van der Waals surface area contributed by atoms with E-state index in [1.54, 1.807) is 0 Å². The molecule has 0 aliphatic carbocycles. The number of unbranched alkanes of at least 4 members (excludes halogenated alkanes) is 1. The average molecular weight is 150 g/mol. The molecule has 2 nitrogen and oxygen atoms in total. The van der Waals surface area contributed by atoms with Crippen LogP contribution >= 0.6 is 0 Å². The van der Waals surface area contributed by atoms with Crippen LogP contribution in [-0.2, 0) is 6.54 Å². The molecule has 1 heterocycles. The Morgan fingerprint density at radius 3 is 3.09 bits per heavy atom. The molecule has 1 rings (SSSR count). The smallest absolute Gasteiger partial charge is 0.0562 e. The van der Waals surface area contributed by atoms with Crippen LogP contribution in [0.3, 0.4) is 0 Å². The second kappa shape index (κ2) is 3.96. The molecule has 0 fully saturated rings. The third kappa shape index (κ3) is 2.22. The highest BCUT2D eigenvalue weighted by Crippen LogP contribution is 2.00. The summed E-state index contributed by atoms with van der Waals surface area (Å²) in [6, 6.07) is 0. The molecule has 0 atom stereocenters. The van der Waals surface area contributed by atoms with Crippen molar-refractivity contribution >= 4 is 6.08 Å². The van der Waals surface area contributed by atoms with Gasteiger partial charge in [-0.25, -0.2) is 0 Å². The van der Waals surface area contributed by atoms with Gasteiger partial charge < -0.3 is 0 Å². The number of nitrogens with zero attached hydrogens (tertiary/aromatic N) is 2. The first kappa shape index (κ1) is 8.05. The molecule has 60 valence electrons. The minimum absolute atomic E-state index is 1.02. The van der Waals surface area contributed by atoms with E-state index in [9.17, 15) is 0 Å². The van der Waals surface area contributed by atoms with Gasteiger partial charge in [0.2, 0.25) is 0 Å². The Kier molecular flexibility index (Phi) is 2.90. The summed E-state index contributed by atoms with van der Waals surface area (Å²) in [6.45, 7) is 6.87. The van der Waals surface area contributed by atoms with Crippen molar-refractivity contribution in [3.05, 3.63) is 24.5 Å². The molecule has 2 heteroatoms. The van der Waals surface area contributed by atoms with Crippen LogP contribution in [0, 0.1) is 0 Å². The lowest BCUT2D eigenvalue weighted by Gasteiger charge is -1.96. The zero-order valence-electron chi connectivity index (χ0n) is 6.95. The lowest BCUT2D eigenvalue weighted by atomic mass is 10.3. The normalized spacial score (nSPS) is 9.91. The summed E-state index contributed by atoms with van der Waals surface area (Å²) < 4.78 is 1.96. The van der Waals surface area contributed by atoms with Gasteiger partial charge in [0.25, 0.3) is 0 Å². The van der Waals surface area contributed by atoms with Gasteiger partial charge >= 0.3 is 0 Å². The molecule has 0 aliphatic heterocycles. The summed E-state index contributed by atoms with van der Waals surface area (Å²) in [6.07, 6.45) is 8.07. The van der Waals surface area contributed by atoms with E-state index in [-0.39, 0.29) is 0 Å². The molecule has 0 spiro atoms. The number of aromatic nitrogens is 2. The molecule has 0 unspecified atom stereocenters. The summed E-state index contributed by atoms with van der Waals surface area (Å²) in [4.78, 5) is 0. The Hall–Kier alpha value is -1.05. The zero-order valence-corrected chi connectivity index (χ0v) is 6.95. The fourth-order valence-electron chi connectivity index (χ4n) is 0.927. The minimum atomic E-state index is 1.02. The van der Waals surface area contributed by atoms with Crippen LogP contribution in [0.2, 0.25) is 0 Å². The van der Waals surface area contributed by atoms with E-state index < -0.39 is 0 Å². The first-order valence-electron chi connectivity index (χ1n) is 4.01. The van der Waals surface area contributed by atoms with Crippen LogP contribution in [0.15, 0.2) is 19.0 Å². The average Bonchev–Trinajstić information content (AvgIpc) is 2.48. The molecule has 0 aromatic carbocycles. The van der Waals surface area contributed by atoms with E-state index in [0.717, 1.165) is 12.1 Å². The van der Waals surface area contributed by atoms with Crippen LogP contribution in [0.25, 0.3) is 6.08 Å². The molecule has 11 heavy (non-hydrogen) atoms. The zero-order chi connectivity index (χ0) is 8.10. The molecule has 1 aromatic rings. The van der Waals surface area contributed by atoms with E-state index in [4.69, 9.17) is 0 Å². The third-order valence-electron chi connectivity index (χ3n) is 1.63. The van der Waals surface area contributed by atoms with Gasteiger partial charge in [-0.05, 0) is 6.42 Å². The first-order chi connectivity index (χ1) is 5.36. The van der Waals surface area contributed by atoms with Crippen molar-refractivity contribution in [3.63, 3.8) is 0 Å². The van der Waals surface area contributed by atoms with Gasteiger partial charge in [-0.3, -0.25) is 4.68 Å². The van der Waals surface area contributed by atoms with Gasteiger partial charge in [0.1, 0.15) is 0 Å². The van der Waals surface area contributed by atoms with E-state index in [2.05, 4.69) is 18.6 Å². The quantitative estimate of drug-likeness (QED) is 0.644. The maximum atomic E-state index is 4.17. The van der Waals surface area contributed by atoms with Gasteiger partial charge in [0.15, 0.2) is 0 Å². The van der Waals surface area contributed by atoms with Crippen LogP contribution < -0.4 is 0 Å². The molecule has 0 N–H and O–H groups in total. The van der Waals surface area contributed by atoms with Crippen molar-refractivity contribution < 1.29 is 0 Å². The summed E-state index contributed by atoms with van der Waals surface area (Å²) in [7, 11) is 0. The first-order valence-corrected chi connectivity index (χ1v) is 4.01. The van der Waals surface area contributed by atoms with Gasteiger partial charge in [-0.1, -0.05) is 26.0 Å². The maximum Gasteiger partial charge on any atom is 0.0562 e. The molecule has 0 amide bonds. The van der Waals surface area contributed by atoms with Crippen molar-refractivity contribution in [1.29, 1.82) is 0 Å². The Morgan fingerprint density at radius 2 is 2.55 bits per heavy atom. The highest BCUT2D eigenvalue weighted by molar-refractivity contribution is 5.43. The van der Waals surface area contributed by atoms with E-state index >= 15 is 0 Å². The van der Waals surface area contributed by atoms with Gasteiger partial charge in [0, 0.05) is 18.3 Å². The van der Waals surface area contributed by atoms with Crippen molar-refractivity contribution in [3.8, 4) is 0 Å². The number of aryl methyl sites for hydroxylation is 1. The fourth-order valence-corrected chi connectivity index (χ4v) is 0.927. The number of hydrogen-bond acceptors (Lipinski definition) is 1. The highest BCUT2D eigenvalue weighted by atomic mass is 15.3. The second-order valence-electron chi connectivity index (χ2n) is 2.59. The van der Waals surface area contributed by atoms with E-state index in [1.807, 2.05) is 23.2 Å². The Morgan fingerprint density at radius 1 is 1.73 bits per heavy atom. The molecular formula is C9H14N2. The molecule has 0 saturated heterocycles. The lowest BCUT2D eigenvalue weighted by Crippen LogP contribution is -1.96. The van der Waals surface area contributed by atoms with Crippen LogP contribution in [0.4, 0.5) is 0 Å². The molecule has 0 radical (unpaired) electrons. The highest BCUT2D eigenvalue weighted by Gasteiger charge is 1.92. The van der Waals surface area contributed by atoms with E-state index in [1.165, 1.54) is 12.8 Å². The van der Waals surface area contributed by atoms with Crippen molar-refractivity contribution in [2.45, 2.75) is 26.3 Å². The minimum Gasteiger partial charge on any atom is -0.272 e. The van der Waals surface area contributed by atoms with Gasteiger partial charge in [0.05, 0.1) is 6.20 Å². The lowest BCUT2D eigenvalue weighted by molar-refractivity contribution is 0.572. The molecule has 0 aliphatic rings. The van der Waals surface area contributed by atoms with Gasteiger partial charge in [-0.2, -0.15) is 5.10 Å². The van der Waals surface area contributed by atoms with Crippen LogP contribution in [0.1, 0.15) is 25.3 Å². The van der Waals surface area contributed by atoms with Crippen molar-refractivity contribution in [2.75, 3.05) is 0 Å². The predicted octanol–water partition coefficient (Wildman–Crippen LogP) is 2.33. The summed E-state index contributed by atoms with van der Waals surface area (Å²) in [5, 5.41) is 4.17. The standard InChI is InChI=1S/C9H14N2/c1-3-5-6-11-8-9(4-2)7-10-11/h4,7-8H,2-3,5-6H2,1H3.